The highest BCUT2D eigenvalue weighted by atomic mass is 35.5. The summed E-state index contributed by atoms with van der Waals surface area (Å²) in [6.07, 6.45) is 1.68. The second-order valence-electron chi connectivity index (χ2n) is 7.22. The molecule has 3 heterocycles. The molecule has 29 heavy (non-hydrogen) atoms. The summed E-state index contributed by atoms with van der Waals surface area (Å²) in [4.78, 5) is 16.0. The van der Waals surface area contributed by atoms with Crippen molar-refractivity contribution < 1.29 is 4.74 Å². The molecule has 150 valence electrons. The van der Waals surface area contributed by atoms with Gasteiger partial charge in [0.2, 0.25) is 5.95 Å². The normalized spacial score (nSPS) is 14.6. The molecule has 0 fully saturated rings. The minimum absolute atomic E-state index is 0.196. The number of imidazole rings is 1. The Kier molecular flexibility index (Phi) is 5.05. The summed E-state index contributed by atoms with van der Waals surface area (Å²) >= 11 is 6.52. The van der Waals surface area contributed by atoms with Gasteiger partial charge in [-0.3, -0.25) is 0 Å². The van der Waals surface area contributed by atoms with Crippen molar-refractivity contribution in [3.05, 3.63) is 34.1 Å². The van der Waals surface area contributed by atoms with Gasteiger partial charge in [-0.25, -0.2) is 4.98 Å². The van der Waals surface area contributed by atoms with E-state index < -0.39 is 0 Å². The van der Waals surface area contributed by atoms with Crippen LogP contribution < -0.4 is 9.64 Å². The Labute approximate surface area is 174 Å². The Bertz CT molecular complexity index is 1110. The Balaban J connectivity index is 1.96. The molecule has 1 aliphatic rings. The van der Waals surface area contributed by atoms with E-state index in [2.05, 4.69) is 25.5 Å². The second-order valence-corrected chi connectivity index (χ2v) is 7.63. The number of methoxy groups -OCH3 is 1. The second kappa shape index (κ2) is 7.53. The lowest BCUT2D eigenvalue weighted by Crippen LogP contribution is -2.30. The van der Waals surface area contributed by atoms with E-state index in [-0.39, 0.29) is 5.92 Å². The molecule has 7 nitrogen and oxygen atoms in total. The lowest BCUT2D eigenvalue weighted by Gasteiger charge is -2.31. The molecule has 1 unspecified atom stereocenters. The molecule has 0 saturated heterocycles. The molecule has 0 aliphatic carbocycles. The van der Waals surface area contributed by atoms with Crippen LogP contribution in [0.2, 0.25) is 5.02 Å². The number of rotatable bonds is 4. The standard InChI is InChI=1S/C21H23ClN6O/c1-5-14(11-23)15-7-8-16(22)17-19(15)28-10-6-9-27(21(28)26-17)18-12(2)24-20(29-4)25-13(18)3/h7-8,14H,5-6,9-10H2,1-4H3. The molecule has 1 aliphatic heterocycles. The molecule has 0 bridgehead atoms. The quantitative estimate of drug-likeness (QED) is 0.622. The highest BCUT2D eigenvalue weighted by Crippen LogP contribution is 2.40. The van der Waals surface area contributed by atoms with Crippen molar-refractivity contribution in [2.45, 2.75) is 46.1 Å². The van der Waals surface area contributed by atoms with Gasteiger partial charge in [-0.15, -0.1) is 0 Å². The van der Waals surface area contributed by atoms with Gasteiger partial charge in [-0.1, -0.05) is 24.6 Å². The van der Waals surface area contributed by atoms with E-state index in [1.165, 1.54) is 0 Å². The van der Waals surface area contributed by atoms with E-state index in [9.17, 15) is 5.26 Å². The molecule has 0 amide bonds. The van der Waals surface area contributed by atoms with Gasteiger partial charge in [-0.05, 0) is 38.3 Å². The molecule has 3 aromatic rings. The van der Waals surface area contributed by atoms with Crippen LogP contribution in [0.15, 0.2) is 12.1 Å². The van der Waals surface area contributed by atoms with Gasteiger partial charge in [0.1, 0.15) is 5.52 Å². The van der Waals surface area contributed by atoms with Crippen LogP contribution in [0.1, 0.15) is 42.6 Å². The van der Waals surface area contributed by atoms with Crippen LogP contribution in [0.4, 0.5) is 11.6 Å². The zero-order valence-electron chi connectivity index (χ0n) is 17.0. The maximum Gasteiger partial charge on any atom is 0.316 e. The van der Waals surface area contributed by atoms with Gasteiger partial charge in [0.05, 0.1) is 46.7 Å². The summed E-state index contributed by atoms with van der Waals surface area (Å²) in [6.45, 7) is 7.57. The molecule has 1 aromatic carbocycles. The summed E-state index contributed by atoms with van der Waals surface area (Å²) in [5, 5.41) is 10.2. The van der Waals surface area contributed by atoms with Crippen molar-refractivity contribution in [3.8, 4) is 12.1 Å². The number of ether oxygens (including phenoxy) is 1. The maximum atomic E-state index is 9.65. The molecule has 0 saturated carbocycles. The van der Waals surface area contributed by atoms with Crippen LogP contribution in [-0.2, 0) is 6.54 Å². The van der Waals surface area contributed by atoms with Gasteiger partial charge >= 0.3 is 6.01 Å². The third-order valence-corrected chi connectivity index (χ3v) is 5.77. The SMILES string of the molecule is CCC(C#N)c1ccc(Cl)c2nc3n(c12)CCCN3c1c(C)nc(OC)nc1C. The topological polar surface area (TPSA) is 79.9 Å². The van der Waals surface area contributed by atoms with Crippen LogP contribution in [0.5, 0.6) is 6.01 Å². The number of fused-ring (bicyclic) bond motifs is 3. The first-order chi connectivity index (χ1) is 14.0. The first kappa shape index (κ1) is 19.5. The Morgan fingerprint density at radius 1 is 1.21 bits per heavy atom. The number of anilines is 2. The minimum atomic E-state index is -0.196. The molecule has 0 spiro atoms. The summed E-state index contributed by atoms with van der Waals surface area (Å²) in [5.41, 5.74) is 5.29. The molecular formula is C21H23ClN6O. The number of nitriles is 1. The summed E-state index contributed by atoms with van der Waals surface area (Å²) in [7, 11) is 1.57. The van der Waals surface area contributed by atoms with Crippen LogP contribution in [0.25, 0.3) is 11.0 Å². The monoisotopic (exact) mass is 410 g/mol. The number of nitrogens with zero attached hydrogens (tertiary/aromatic N) is 6. The predicted octanol–water partition coefficient (Wildman–Crippen LogP) is 4.66. The summed E-state index contributed by atoms with van der Waals surface area (Å²) in [6, 6.07) is 6.58. The lowest BCUT2D eigenvalue weighted by molar-refractivity contribution is 0.377. The minimum Gasteiger partial charge on any atom is -0.467 e. The third kappa shape index (κ3) is 3.08. The summed E-state index contributed by atoms with van der Waals surface area (Å²) < 4.78 is 7.39. The Hall–Kier alpha value is -2.85. The molecule has 0 radical (unpaired) electrons. The molecular weight excluding hydrogens is 388 g/mol. The number of hydrogen-bond acceptors (Lipinski definition) is 6. The third-order valence-electron chi connectivity index (χ3n) is 5.47. The number of halogens is 1. The fraction of sp³-hybridized carbons (Fsp3) is 0.429. The van der Waals surface area contributed by atoms with Crippen LogP contribution >= 0.6 is 11.6 Å². The van der Waals surface area contributed by atoms with E-state index >= 15 is 0 Å². The fourth-order valence-corrected chi connectivity index (χ4v) is 4.36. The lowest BCUT2D eigenvalue weighted by atomic mass is 9.96. The van der Waals surface area contributed by atoms with E-state index in [1.807, 2.05) is 32.9 Å². The smallest absolute Gasteiger partial charge is 0.316 e. The number of hydrogen-bond donors (Lipinski definition) is 0. The van der Waals surface area contributed by atoms with Gasteiger partial charge in [-0.2, -0.15) is 15.2 Å². The van der Waals surface area contributed by atoms with Crippen molar-refractivity contribution in [1.29, 1.82) is 5.26 Å². The maximum absolute atomic E-state index is 9.65. The highest BCUT2D eigenvalue weighted by Gasteiger charge is 2.29. The van der Waals surface area contributed by atoms with Crippen molar-refractivity contribution in [2.75, 3.05) is 18.6 Å². The molecule has 0 N–H and O–H groups in total. The number of aromatic nitrogens is 4. The first-order valence-corrected chi connectivity index (χ1v) is 10.1. The zero-order valence-corrected chi connectivity index (χ0v) is 17.8. The van der Waals surface area contributed by atoms with E-state index in [0.29, 0.717) is 11.0 Å². The van der Waals surface area contributed by atoms with Crippen LogP contribution in [0.3, 0.4) is 0 Å². The predicted molar refractivity (Wildman–Crippen MR) is 113 cm³/mol. The molecule has 2 aromatic heterocycles. The van der Waals surface area contributed by atoms with Gasteiger partial charge in [0, 0.05) is 13.1 Å². The van der Waals surface area contributed by atoms with Gasteiger partial charge in [0.25, 0.3) is 0 Å². The Morgan fingerprint density at radius 3 is 2.55 bits per heavy atom. The van der Waals surface area contributed by atoms with Gasteiger partial charge < -0.3 is 14.2 Å². The zero-order chi connectivity index (χ0) is 20.7. The van der Waals surface area contributed by atoms with E-state index in [1.54, 1.807) is 7.11 Å². The van der Waals surface area contributed by atoms with E-state index in [4.69, 9.17) is 21.3 Å². The van der Waals surface area contributed by atoms with Crippen LogP contribution in [0, 0.1) is 25.2 Å². The van der Waals surface area contributed by atoms with Crippen molar-refractivity contribution in [2.24, 2.45) is 0 Å². The average molecular weight is 411 g/mol. The largest absolute Gasteiger partial charge is 0.467 e. The fourth-order valence-electron chi connectivity index (χ4n) is 4.16. The number of benzene rings is 1. The summed E-state index contributed by atoms with van der Waals surface area (Å²) in [5.74, 6) is 0.618. The Morgan fingerprint density at radius 2 is 1.93 bits per heavy atom. The average Bonchev–Trinajstić information content (AvgIpc) is 3.11. The first-order valence-electron chi connectivity index (χ1n) is 9.75. The van der Waals surface area contributed by atoms with Crippen LogP contribution in [-0.4, -0.2) is 33.2 Å². The highest BCUT2D eigenvalue weighted by molar-refractivity contribution is 6.35. The van der Waals surface area contributed by atoms with Crippen molar-refractivity contribution >= 4 is 34.3 Å². The van der Waals surface area contributed by atoms with Crippen molar-refractivity contribution in [1.82, 2.24) is 19.5 Å². The number of aryl methyl sites for hydroxylation is 3. The van der Waals surface area contributed by atoms with Crippen molar-refractivity contribution in [3.63, 3.8) is 0 Å². The van der Waals surface area contributed by atoms with Gasteiger partial charge in [0.15, 0.2) is 0 Å². The molecule has 4 rings (SSSR count). The molecule has 8 heteroatoms. The van der Waals surface area contributed by atoms with E-state index in [0.717, 1.165) is 65.6 Å². The molecule has 1 atom stereocenters.